The number of carbonyl (C=O) groups excluding carboxylic acids is 2. The molecule has 0 radical (unpaired) electrons. The minimum Gasteiger partial charge on any atom is -0.355 e. The van der Waals surface area contributed by atoms with Crippen molar-refractivity contribution in [3.05, 3.63) is 42.7 Å². The first-order valence-electron chi connectivity index (χ1n) is 9.37. The summed E-state index contributed by atoms with van der Waals surface area (Å²) < 4.78 is 0. The highest BCUT2D eigenvalue weighted by Crippen LogP contribution is 2.15. The molecule has 0 aliphatic heterocycles. The molecule has 11 nitrogen and oxygen atoms in total. The van der Waals surface area contributed by atoms with Crippen LogP contribution in [0.25, 0.3) is 23.0 Å². The number of anilines is 1. The van der Waals surface area contributed by atoms with Crippen LogP contribution in [0.3, 0.4) is 0 Å². The van der Waals surface area contributed by atoms with Gasteiger partial charge in [0.2, 0.25) is 23.5 Å². The van der Waals surface area contributed by atoms with Gasteiger partial charge in [-0.2, -0.15) is 0 Å². The molecule has 0 aliphatic carbocycles. The van der Waals surface area contributed by atoms with E-state index < -0.39 is 0 Å². The molecule has 0 saturated carbocycles. The molecule has 3 rings (SSSR count). The van der Waals surface area contributed by atoms with Gasteiger partial charge < -0.3 is 16.4 Å². The molecule has 2 amide bonds. The summed E-state index contributed by atoms with van der Waals surface area (Å²) in [6.07, 6.45) is 4.08. The van der Waals surface area contributed by atoms with Crippen molar-refractivity contribution in [3.63, 3.8) is 0 Å². The second kappa shape index (κ2) is 10.6. The van der Waals surface area contributed by atoms with E-state index in [9.17, 15) is 9.59 Å². The molecule has 3 heterocycles. The van der Waals surface area contributed by atoms with Crippen LogP contribution in [-0.4, -0.2) is 55.3 Å². The number of nitrogens with zero attached hydrogens (tertiary/aromatic N) is 6. The lowest BCUT2D eigenvalue weighted by Crippen LogP contribution is -2.28. The molecule has 11 heteroatoms. The molecular weight excluding hydrogens is 386 g/mol. The van der Waals surface area contributed by atoms with Gasteiger partial charge in [0.1, 0.15) is 11.4 Å². The molecule has 154 valence electrons. The third kappa shape index (κ3) is 6.07. The molecule has 0 aromatic carbocycles. The largest absolute Gasteiger partial charge is 0.355 e. The Morgan fingerprint density at radius 1 is 0.867 bits per heavy atom. The minimum atomic E-state index is -0.199. The van der Waals surface area contributed by atoms with Crippen LogP contribution in [0.5, 0.6) is 0 Å². The second-order valence-corrected chi connectivity index (χ2v) is 6.23. The zero-order valence-electron chi connectivity index (χ0n) is 16.2. The van der Waals surface area contributed by atoms with Gasteiger partial charge in [-0.15, -0.1) is 20.4 Å². The Morgan fingerprint density at radius 3 is 2.17 bits per heavy atom. The highest BCUT2D eigenvalue weighted by molar-refractivity contribution is 5.90. The number of aromatic nitrogens is 6. The van der Waals surface area contributed by atoms with Gasteiger partial charge in [-0.1, -0.05) is 6.07 Å². The molecule has 0 bridgehead atoms. The van der Waals surface area contributed by atoms with Crippen molar-refractivity contribution in [1.82, 2.24) is 35.7 Å². The Labute approximate surface area is 172 Å². The van der Waals surface area contributed by atoms with E-state index in [0.717, 1.165) is 0 Å². The molecule has 30 heavy (non-hydrogen) atoms. The Kier molecular flexibility index (Phi) is 7.39. The lowest BCUT2D eigenvalue weighted by Gasteiger charge is -2.06. The Balaban J connectivity index is 1.51. The van der Waals surface area contributed by atoms with E-state index >= 15 is 0 Å². The van der Waals surface area contributed by atoms with Gasteiger partial charge in [-0.3, -0.25) is 19.6 Å². The summed E-state index contributed by atoms with van der Waals surface area (Å²) >= 11 is 0. The third-order valence-electron chi connectivity index (χ3n) is 3.92. The summed E-state index contributed by atoms with van der Waals surface area (Å²) in [6, 6.07) is 8.73. The van der Waals surface area contributed by atoms with Crippen molar-refractivity contribution in [2.45, 2.75) is 19.3 Å². The number of carbonyl (C=O) groups is 2. The number of nitrogens with one attached hydrogen (secondary N) is 2. The normalized spacial score (nSPS) is 10.4. The molecular formula is C19H21N9O2. The standard InChI is InChI=1S/C19H21N9O2/c20-9-11-22-16(29)5-3-6-17(30)24-13-7-8-15(23-12-13)19-27-25-18(26-28-19)14-4-1-2-10-21-14/h1-2,4,7-8,10,12H,3,5-6,9,11,20H2,(H,22,29)(H,24,30). The molecule has 0 spiro atoms. The van der Waals surface area contributed by atoms with E-state index in [2.05, 4.69) is 41.0 Å². The number of nitrogens with two attached hydrogens (primary N) is 1. The van der Waals surface area contributed by atoms with Gasteiger partial charge in [-0.05, 0) is 30.7 Å². The van der Waals surface area contributed by atoms with Crippen LogP contribution in [0, 0.1) is 0 Å². The number of hydrogen-bond donors (Lipinski definition) is 3. The lowest BCUT2D eigenvalue weighted by molar-refractivity contribution is -0.121. The number of rotatable bonds is 9. The maximum absolute atomic E-state index is 12.0. The van der Waals surface area contributed by atoms with Crippen LogP contribution in [-0.2, 0) is 9.59 Å². The quantitative estimate of drug-likeness (QED) is 0.460. The van der Waals surface area contributed by atoms with Gasteiger partial charge in [-0.25, -0.2) is 0 Å². The highest BCUT2D eigenvalue weighted by atomic mass is 16.2. The fraction of sp³-hybridized carbons (Fsp3) is 0.263. The van der Waals surface area contributed by atoms with Crippen molar-refractivity contribution in [1.29, 1.82) is 0 Å². The zero-order chi connectivity index (χ0) is 21.2. The predicted molar refractivity (Wildman–Crippen MR) is 109 cm³/mol. The van der Waals surface area contributed by atoms with Crippen molar-refractivity contribution in [2.24, 2.45) is 5.73 Å². The van der Waals surface area contributed by atoms with E-state index in [1.165, 1.54) is 6.20 Å². The van der Waals surface area contributed by atoms with Crippen molar-refractivity contribution in [2.75, 3.05) is 18.4 Å². The highest BCUT2D eigenvalue weighted by Gasteiger charge is 2.09. The summed E-state index contributed by atoms with van der Waals surface area (Å²) in [5.74, 6) is 0.266. The van der Waals surface area contributed by atoms with Gasteiger partial charge in [0.05, 0.1) is 11.9 Å². The van der Waals surface area contributed by atoms with Crippen LogP contribution in [0.1, 0.15) is 19.3 Å². The monoisotopic (exact) mass is 407 g/mol. The molecule has 0 unspecified atom stereocenters. The first-order valence-corrected chi connectivity index (χ1v) is 9.37. The van der Waals surface area contributed by atoms with Crippen LogP contribution in [0.15, 0.2) is 42.7 Å². The first-order chi connectivity index (χ1) is 14.7. The average molecular weight is 407 g/mol. The zero-order valence-corrected chi connectivity index (χ0v) is 16.2. The maximum Gasteiger partial charge on any atom is 0.224 e. The summed E-state index contributed by atoms with van der Waals surface area (Å²) in [5.41, 5.74) is 6.89. The maximum atomic E-state index is 12.0. The topological polar surface area (TPSA) is 162 Å². The summed E-state index contributed by atoms with van der Waals surface area (Å²) in [6.45, 7) is 0.824. The molecule has 0 atom stereocenters. The average Bonchev–Trinajstić information content (AvgIpc) is 2.79. The Bertz CT molecular complexity index is 964. The summed E-state index contributed by atoms with van der Waals surface area (Å²) in [5, 5.41) is 21.5. The SMILES string of the molecule is NCCNC(=O)CCCC(=O)Nc1ccc(-c2nnc(-c3ccccn3)nn2)nc1. The second-order valence-electron chi connectivity index (χ2n) is 6.23. The summed E-state index contributed by atoms with van der Waals surface area (Å²) in [4.78, 5) is 31.9. The first kappa shape index (κ1) is 20.9. The van der Waals surface area contributed by atoms with Gasteiger partial charge >= 0.3 is 0 Å². The van der Waals surface area contributed by atoms with Gasteiger partial charge in [0.25, 0.3) is 0 Å². The van der Waals surface area contributed by atoms with E-state index in [1.807, 2.05) is 6.07 Å². The van der Waals surface area contributed by atoms with Crippen LogP contribution < -0.4 is 16.4 Å². The van der Waals surface area contributed by atoms with Gasteiger partial charge in [0, 0.05) is 32.1 Å². The van der Waals surface area contributed by atoms with E-state index in [4.69, 9.17) is 5.73 Å². The van der Waals surface area contributed by atoms with E-state index in [1.54, 1.807) is 30.5 Å². The van der Waals surface area contributed by atoms with Crippen LogP contribution in [0.2, 0.25) is 0 Å². The third-order valence-corrected chi connectivity index (χ3v) is 3.92. The predicted octanol–water partition coefficient (Wildman–Crippen LogP) is 0.574. The smallest absolute Gasteiger partial charge is 0.224 e. The van der Waals surface area contributed by atoms with Crippen molar-refractivity contribution >= 4 is 17.5 Å². The number of hydrogen-bond acceptors (Lipinski definition) is 9. The van der Waals surface area contributed by atoms with Gasteiger partial charge in [0.15, 0.2) is 0 Å². The molecule has 0 saturated heterocycles. The molecule has 3 aromatic heterocycles. The van der Waals surface area contributed by atoms with E-state index in [-0.39, 0.29) is 30.5 Å². The molecule has 0 fully saturated rings. The molecule has 3 aromatic rings. The van der Waals surface area contributed by atoms with E-state index in [0.29, 0.717) is 42.4 Å². The lowest BCUT2D eigenvalue weighted by atomic mass is 10.2. The minimum absolute atomic E-state index is 0.115. The van der Waals surface area contributed by atoms with Crippen LogP contribution in [0.4, 0.5) is 5.69 Å². The molecule has 4 N–H and O–H groups in total. The van der Waals surface area contributed by atoms with Crippen LogP contribution >= 0.6 is 0 Å². The van der Waals surface area contributed by atoms with Crippen molar-refractivity contribution < 1.29 is 9.59 Å². The fourth-order valence-corrected chi connectivity index (χ4v) is 2.46. The van der Waals surface area contributed by atoms with Crippen molar-refractivity contribution in [3.8, 4) is 23.0 Å². The summed E-state index contributed by atoms with van der Waals surface area (Å²) in [7, 11) is 0. The Hall–Kier alpha value is -3.86. The fourth-order valence-electron chi connectivity index (χ4n) is 2.46. The number of amides is 2. The molecule has 0 aliphatic rings. The number of pyridine rings is 2. The Morgan fingerprint density at radius 2 is 1.57 bits per heavy atom.